The molecule has 0 saturated carbocycles. The zero-order valence-corrected chi connectivity index (χ0v) is 13.8. The van der Waals surface area contributed by atoms with Gasteiger partial charge in [-0.15, -0.1) is 0 Å². The average molecular weight is 277 g/mol. The van der Waals surface area contributed by atoms with Gasteiger partial charge in [-0.05, 0) is 69.7 Å². The van der Waals surface area contributed by atoms with Gasteiger partial charge in [0.1, 0.15) is 0 Å². The summed E-state index contributed by atoms with van der Waals surface area (Å²) in [4.78, 5) is 0. The fourth-order valence-electron chi connectivity index (χ4n) is 2.39. The third kappa shape index (κ3) is 6.06. The maximum absolute atomic E-state index is 5.36. The Kier molecular flexibility index (Phi) is 7.86. The number of aryl methyl sites for hydroxylation is 2. The highest BCUT2D eigenvalue weighted by atomic mass is 16.5. The molecule has 1 aromatic carbocycles. The number of benzene rings is 1. The summed E-state index contributed by atoms with van der Waals surface area (Å²) >= 11 is 0. The maximum Gasteiger partial charge on any atom is 0.0543 e. The van der Waals surface area contributed by atoms with E-state index in [1.807, 2.05) is 0 Å². The highest BCUT2D eigenvalue weighted by Gasteiger charge is 2.11. The van der Waals surface area contributed by atoms with Gasteiger partial charge in [-0.1, -0.05) is 25.1 Å². The van der Waals surface area contributed by atoms with Crippen molar-refractivity contribution in [2.75, 3.05) is 13.7 Å². The Bertz CT molecular complexity index is 389. The fourth-order valence-corrected chi connectivity index (χ4v) is 2.39. The van der Waals surface area contributed by atoms with Gasteiger partial charge >= 0.3 is 0 Å². The summed E-state index contributed by atoms with van der Waals surface area (Å²) in [5.41, 5.74) is 4.20. The fraction of sp³-hybridized carbons (Fsp3) is 0.667. The monoisotopic (exact) mass is 277 g/mol. The van der Waals surface area contributed by atoms with Gasteiger partial charge in [0.25, 0.3) is 0 Å². The second-order valence-corrected chi connectivity index (χ2v) is 5.90. The van der Waals surface area contributed by atoms with Crippen LogP contribution >= 0.6 is 0 Å². The van der Waals surface area contributed by atoms with Crippen molar-refractivity contribution in [1.29, 1.82) is 0 Å². The molecule has 0 fully saturated rings. The Labute approximate surface area is 124 Å². The van der Waals surface area contributed by atoms with Gasteiger partial charge in [0.15, 0.2) is 0 Å². The molecule has 2 nitrogen and oxygen atoms in total. The molecule has 0 aliphatic rings. The van der Waals surface area contributed by atoms with E-state index < -0.39 is 0 Å². The predicted octanol–water partition coefficient (Wildman–Crippen LogP) is 4.03. The smallest absolute Gasteiger partial charge is 0.0543 e. The van der Waals surface area contributed by atoms with E-state index in [4.69, 9.17) is 4.74 Å². The van der Waals surface area contributed by atoms with Gasteiger partial charge < -0.3 is 10.1 Å². The number of hydrogen-bond donors (Lipinski definition) is 1. The molecule has 0 aliphatic heterocycles. The number of nitrogens with one attached hydrogen (secondary N) is 1. The SMILES string of the molecule is CCCNC(CCC(C)OC)Cc1ccc(C)c(C)c1. The lowest BCUT2D eigenvalue weighted by atomic mass is 9.97. The molecule has 20 heavy (non-hydrogen) atoms. The van der Waals surface area contributed by atoms with Crippen LogP contribution in [-0.4, -0.2) is 25.8 Å². The van der Waals surface area contributed by atoms with Crippen LogP contribution in [0.4, 0.5) is 0 Å². The van der Waals surface area contributed by atoms with Crippen molar-refractivity contribution < 1.29 is 4.74 Å². The van der Waals surface area contributed by atoms with E-state index in [2.05, 4.69) is 51.2 Å². The van der Waals surface area contributed by atoms with E-state index in [9.17, 15) is 0 Å². The molecule has 114 valence electrons. The van der Waals surface area contributed by atoms with Crippen molar-refractivity contribution in [3.63, 3.8) is 0 Å². The molecular weight excluding hydrogens is 246 g/mol. The molecule has 1 aromatic rings. The minimum absolute atomic E-state index is 0.348. The normalized spacial score (nSPS) is 14.2. The molecule has 0 saturated heterocycles. The van der Waals surface area contributed by atoms with E-state index in [0.717, 1.165) is 19.4 Å². The standard InChI is InChI=1S/C18H31NO/c1-6-11-19-18(10-8-16(4)20-5)13-17-9-7-14(2)15(3)12-17/h7,9,12,16,18-19H,6,8,10-11,13H2,1-5H3. The van der Waals surface area contributed by atoms with Gasteiger partial charge in [0, 0.05) is 13.2 Å². The highest BCUT2D eigenvalue weighted by molar-refractivity contribution is 5.30. The summed E-state index contributed by atoms with van der Waals surface area (Å²) in [5, 5.41) is 3.68. The van der Waals surface area contributed by atoms with E-state index >= 15 is 0 Å². The molecular formula is C18H31NO. The van der Waals surface area contributed by atoms with Crippen molar-refractivity contribution in [2.24, 2.45) is 0 Å². The van der Waals surface area contributed by atoms with Crippen LogP contribution in [0.25, 0.3) is 0 Å². The lowest BCUT2D eigenvalue weighted by Crippen LogP contribution is -2.32. The highest BCUT2D eigenvalue weighted by Crippen LogP contribution is 2.14. The maximum atomic E-state index is 5.36. The number of methoxy groups -OCH3 is 1. The topological polar surface area (TPSA) is 21.3 Å². The Morgan fingerprint density at radius 3 is 2.50 bits per heavy atom. The zero-order valence-electron chi connectivity index (χ0n) is 13.8. The quantitative estimate of drug-likeness (QED) is 0.736. The molecule has 0 bridgehead atoms. The minimum atomic E-state index is 0.348. The lowest BCUT2D eigenvalue weighted by molar-refractivity contribution is 0.106. The summed E-state index contributed by atoms with van der Waals surface area (Å²) in [5.74, 6) is 0. The van der Waals surface area contributed by atoms with E-state index in [-0.39, 0.29) is 0 Å². The third-order valence-electron chi connectivity index (χ3n) is 4.06. The Balaban J connectivity index is 2.60. The summed E-state index contributed by atoms with van der Waals surface area (Å²) < 4.78 is 5.36. The molecule has 0 aromatic heterocycles. The van der Waals surface area contributed by atoms with Gasteiger partial charge in [0.2, 0.25) is 0 Å². The summed E-state index contributed by atoms with van der Waals surface area (Å²) in [6.07, 6.45) is 4.92. The van der Waals surface area contributed by atoms with Crippen LogP contribution in [0, 0.1) is 13.8 Å². The lowest BCUT2D eigenvalue weighted by Gasteiger charge is -2.21. The van der Waals surface area contributed by atoms with Crippen molar-refractivity contribution in [3.8, 4) is 0 Å². The predicted molar refractivity (Wildman–Crippen MR) is 87.4 cm³/mol. The third-order valence-corrected chi connectivity index (χ3v) is 4.06. The van der Waals surface area contributed by atoms with Crippen molar-refractivity contribution in [2.45, 2.75) is 65.5 Å². The second-order valence-electron chi connectivity index (χ2n) is 5.90. The van der Waals surface area contributed by atoms with Gasteiger partial charge in [-0.3, -0.25) is 0 Å². The first-order chi connectivity index (χ1) is 9.56. The van der Waals surface area contributed by atoms with Crippen molar-refractivity contribution in [3.05, 3.63) is 34.9 Å². The first kappa shape index (κ1) is 17.2. The summed E-state index contributed by atoms with van der Waals surface area (Å²) in [7, 11) is 1.79. The molecule has 1 rings (SSSR count). The second kappa shape index (κ2) is 9.15. The molecule has 2 atom stereocenters. The molecule has 0 spiro atoms. The van der Waals surface area contributed by atoms with E-state index in [1.165, 1.54) is 29.5 Å². The van der Waals surface area contributed by atoms with Crippen LogP contribution in [0.3, 0.4) is 0 Å². The van der Waals surface area contributed by atoms with Crippen LogP contribution in [-0.2, 0) is 11.2 Å². The van der Waals surface area contributed by atoms with Crippen molar-refractivity contribution in [1.82, 2.24) is 5.32 Å². The molecule has 0 heterocycles. The van der Waals surface area contributed by atoms with Crippen LogP contribution in [0.5, 0.6) is 0 Å². The number of hydrogen-bond acceptors (Lipinski definition) is 2. The van der Waals surface area contributed by atoms with Gasteiger partial charge in [0.05, 0.1) is 6.10 Å². The molecule has 2 heteroatoms. The molecule has 0 aliphatic carbocycles. The zero-order chi connectivity index (χ0) is 15.0. The number of rotatable bonds is 9. The first-order valence-electron chi connectivity index (χ1n) is 7.89. The van der Waals surface area contributed by atoms with Gasteiger partial charge in [-0.2, -0.15) is 0 Å². The van der Waals surface area contributed by atoms with Gasteiger partial charge in [-0.25, -0.2) is 0 Å². The molecule has 1 N–H and O–H groups in total. The van der Waals surface area contributed by atoms with Crippen LogP contribution in [0.2, 0.25) is 0 Å². The summed E-state index contributed by atoms with van der Waals surface area (Å²) in [6.45, 7) is 9.83. The van der Waals surface area contributed by atoms with Crippen molar-refractivity contribution >= 4 is 0 Å². The average Bonchev–Trinajstić information content (AvgIpc) is 2.45. The van der Waals surface area contributed by atoms with Crippen LogP contribution in [0.1, 0.15) is 49.8 Å². The molecule has 0 radical (unpaired) electrons. The minimum Gasteiger partial charge on any atom is -0.382 e. The van der Waals surface area contributed by atoms with Crippen LogP contribution in [0.15, 0.2) is 18.2 Å². The van der Waals surface area contributed by atoms with Crippen LogP contribution < -0.4 is 5.32 Å². The molecule has 0 amide bonds. The summed E-state index contributed by atoms with van der Waals surface area (Å²) in [6, 6.07) is 7.38. The molecule has 2 unspecified atom stereocenters. The van der Waals surface area contributed by atoms with E-state index in [0.29, 0.717) is 12.1 Å². The number of ether oxygens (including phenoxy) is 1. The largest absolute Gasteiger partial charge is 0.382 e. The van der Waals surface area contributed by atoms with E-state index in [1.54, 1.807) is 7.11 Å². The Hall–Kier alpha value is -0.860. The Morgan fingerprint density at radius 1 is 1.15 bits per heavy atom. The first-order valence-corrected chi connectivity index (χ1v) is 7.89. The Morgan fingerprint density at radius 2 is 1.90 bits per heavy atom.